The lowest BCUT2D eigenvalue weighted by molar-refractivity contribution is -0.156. The molecule has 1 unspecified atom stereocenters. The summed E-state index contributed by atoms with van der Waals surface area (Å²) in [5.74, 6) is -8.91. The minimum absolute atomic E-state index is 0.0243. The molecule has 5 fully saturated rings. The summed E-state index contributed by atoms with van der Waals surface area (Å²) >= 11 is 6.15. The molecule has 3 N–H and O–H groups in total. The van der Waals surface area contributed by atoms with Gasteiger partial charge in [-0.1, -0.05) is 107 Å². The molecule has 0 bridgehead atoms. The van der Waals surface area contributed by atoms with E-state index in [0.717, 1.165) is 56.6 Å². The van der Waals surface area contributed by atoms with Crippen molar-refractivity contribution in [3.63, 3.8) is 0 Å². The van der Waals surface area contributed by atoms with E-state index in [1.807, 2.05) is 26.0 Å². The maximum Gasteiger partial charge on any atom is 0.417 e. The van der Waals surface area contributed by atoms with E-state index in [1.54, 1.807) is 30.9 Å². The van der Waals surface area contributed by atoms with Crippen LogP contribution in [0.25, 0.3) is 0 Å². The van der Waals surface area contributed by atoms with Gasteiger partial charge in [-0.05, 0) is 113 Å². The smallest absolute Gasteiger partial charge is 0.343 e. The Kier molecular flexibility index (Phi) is 27.3. The molecule has 24 nitrogen and oxygen atoms in total. The Morgan fingerprint density at radius 1 is 0.626 bits per heavy atom. The quantitative estimate of drug-likeness (QED) is 0.284. The number of hydrogen-bond acceptors (Lipinski definition) is 12. The Labute approximate surface area is 584 Å². The number of hydrogen-bond donors (Lipinski definition) is 3. The van der Waals surface area contributed by atoms with E-state index >= 15 is 19.2 Å². The number of rotatable bonds is 10. The number of nitrogens with zero attached hydrogens (tertiary/aromatic N) is 9. The first-order valence-corrected chi connectivity index (χ1v) is 35.3. The highest BCUT2D eigenvalue weighted by Crippen LogP contribution is 2.38. The molecular formula is C71H102ClF3N12O12. The highest BCUT2D eigenvalue weighted by atomic mass is 35.5. The van der Waals surface area contributed by atoms with Crippen LogP contribution in [0.1, 0.15) is 152 Å². The molecule has 7 rings (SSSR count). The molecule has 5 aliphatic rings. The van der Waals surface area contributed by atoms with Gasteiger partial charge in [0.15, 0.2) is 0 Å². The first kappa shape index (κ1) is 78.5. The summed E-state index contributed by atoms with van der Waals surface area (Å²) in [6.07, 6.45) is 1.42. The molecule has 0 radical (unpaired) electrons. The number of carbonyl (C=O) groups excluding carboxylic acids is 12. The summed E-state index contributed by atoms with van der Waals surface area (Å²) < 4.78 is 41.6. The summed E-state index contributed by atoms with van der Waals surface area (Å²) in [7, 11) is 9.78. The zero-order valence-electron chi connectivity index (χ0n) is 59.4. The molecule has 2 saturated carbocycles. The van der Waals surface area contributed by atoms with Crippen molar-refractivity contribution < 1.29 is 70.7 Å². The van der Waals surface area contributed by atoms with Crippen LogP contribution in [-0.4, -0.2) is 251 Å². The van der Waals surface area contributed by atoms with Crippen LogP contribution < -0.4 is 16.0 Å². The number of halogens is 4. The molecule has 2 aromatic rings. The van der Waals surface area contributed by atoms with Gasteiger partial charge in [0.25, 0.3) is 0 Å². The van der Waals surface area contributed by atoms with E-state index in [1.165, 1.54) is 75.0 Å². The van der Waals surface area contributed by atoms with Gasteiger partial charge in [0.05, 0.1) is 36.6 Å². The molecular weight excluding hydrogens is 1310 g/mol. The summed E-state index contributed by atoms with van der Waals surface area (Å²) in [6, 6.07) is 1.44. The predicted molar refractivity (Wildman–Crippen MR) is 363 cm³/mol. The van der Waals surface area contributed by atoms with Crippen molar-refractivity contribution in [3.8, 4) is 0 Å². The number of fused-ring (bicyclic) bond motifs is 1. The largest absolute Gasteiger partial charge is 0.417 e. The molecule has 2 aliphatic carbocycles. The van der Waals surface area contributed by atoms with Crippen LogP contribution >= 0.6 is 11.6 Å². The number of amides is 12. The van der Waals surface area contributed by atoms with E-state index < -0.39 is 173 Å². The normalized spacial score (nSPS) is 25.7. The average molecular weight is 1410 g/mol. The highest BCUT2D eigenvalue weighted by molar-refractivity contribution is 6.31. The average Bonchev–Trinajstić information content (AvgIpc) is 1.76. The lowest BCUT2D eigenvalue weighted by Crippen LogP contribution is -2.65. The maximum absolute atomic E-state index is 15.7. The second kappa shape index (κ2) is 34.5. The van der Waals surface area contributed by atoms with Gasteiger partial charge in [0.1, 0.15) is 47.8 Å². The minimum atomic E-state index is -4.77. The fourth-order valence-corrected chi connectivity index (χ4v) is 14.9. The van der Waals surface area contributed by atoms with Crippen molar-refractivity contribution >= 4 is 82.5 Å². The van der Waals surface area contributed by atoms with Gasteiger partial charge in [-0.2, -0.15) is 13.2 Å². The summed E-state index contributed by atoms with van der Waals surface area (Å²) in [4.78, 5) is 189. The van der Waals surface area contributed by atoms with Crippen molar-refractivity contribution in [2.24, 2.45) is 11.8 Å². The Hall–Kier alpha value is -7.84. The molecule has 2 aromatic carbocycles. The summed E-state index contributed by atoms with van der Waals surface area (Å²) in [5.41, 5.74) is -0.816. The molecule has 546 valence electrons. The Morgan fingerprint density at radius 3 is 1.84 bits per heavy atom. The van der Waals surface area contributed by atoms with Gasteiger partial charge >= 0.3 is 6.18 Å². The molecule has 8 atom stereocenters. The lowest BCUT2D eigenvalue weighted by Gasteiger charge is -2.43. The van der Waals surface area contributed by atoms with Crippen molar-refractivity contribution in [2.75, 3.05) is 88.6 Å². The topological polar surface area (TPSA) is 270 Å². The van der Waals surface area contributed by atoms with Crippen LogP contribution in [0, 0.1) is 18.8 Å². The van der Waals surface area contributed by atoms with Gasteiger partial charge in [-0.15, -0.1) is 0 Å². The second-order valence-corrected chi connectivity index (χ2v) is 28.5. The first-order valence-electron chi connectivity index (χ1n) is 34.9. The zero-order valence-corrected chi connectivity index (χ0v) is 60.1. The van der Waals surface area contributed by atoms with E-state index in [2.05, 4.69) is 16.0 Å². The number of alkyl halides is 3. The fraction of sp³-hybridized carbons (Fsp3) is 0.662. The number of benzene rings is 2. The van der Waals surface area contributed by atoms with Crippen LogP contribution in [-0.2, 0) is 76.6 Å². The van der Waals surface area contributed by atoms with Gasteiger partial charge in [0, 0.05) is 75.4 Å². The third-order valence-corrected chi connectivity index (χ3v) is 21.4. The van der Waals surface area contributed by atoms with E-state index in [-0.39, 0.29) is 57.1 Å². The molecule has 12 amide bonds. The monoisotopic (exact) mass is 1410 g/mol. The van der Waals surface area contributed by atoms with Gasteiger partial charge in [-0.25, -0.2) is 0 Å². The minimum Gasteiger partial charge on any atom is -0.343 e. The second-order valence-electron chi connectivity index (χ2n) is 28.0. The fourth-order valence-electron chi connectivity index (χ4n) is 14.6. The van der Waals surface area contributed by atoms with Gasteiger partial charge < -0.3 is 60.0 Å². The summed E-state index contributed by atoms with van der Waals surface area (Å²) in [5, 5.41) is 8.06. The number of likely N-dealkylation sites (N-methyl/N-ethyl adjacent to an activating group) is 7. The predicted octanol–water partition coefficient (Wildman–Crippen LogP) is 4.98. The van der Waals surface area contributed by atoms with Crippen LogP contribution in [0.2, 0.25) is 5.02 Å². The number of carbonyl (C=O) groups is 12. The van der Waals surface area contributed by atoms with Gasteiger partial charge in [0.2, 0.25) is 70.9 Å². The summed E-state index contributed by atoms with van der Waals surface area (Å²) in [6.45, 7) is 6.08. The van der Waals surface area contributed by atoms with E-state index in [0.29, 0.717) is 70.0 Å². The van der Waals surface area contributed by atoms with Crippen molar-refractivity contribution in [1.29, 1.82) is 0 Å². The third-order valence-electron chi connectivity index (χ3n) is 21.1. The lowest BCUT2D eigenvalue weighted by atomic mass is 9.81. The Balaban J connectivity index is 1.28. The van der Waals surface area contributed by atoms with E-state index in [4.69, 9.17) is 11.6 Å². The van der Waals surface area contributed by atoms with E-state index in [9.17, 15) is 51.5 Å². The van der Waals surface area contributed by atoms with Crippen LogP contribution in [0.5, 0.6) is 0 Å². The zero-order chi connectivity index (χ0) is 73.0. The van der Waals surface area contributed by atoms with Crippen LogP contribution in [0.4, 0.5) is 13.2 Å². The molecule has 28 heteroatoms. The first-order chi connectivity index (χ1) is 46.7. The molecule has 3 aliphatic heterocycles. The number of likely N-dealkylation sites (tertiary alicyclic amines) is 1. The molecule has 99 heavy (non-hydrogen) atoms. The Bertz CT molecular complexity index is 3290. The molecule has 1 spiro atoms. The SMILES string of the molecule is CC[C@H](C)[C@@H]1NC(=O)[C@H](CC)N(C)C(=O)C[C@@H](C(=O)N2CCCC2)N(C)C(=O)[C@H](C2CCCCC2)N(C)C(=O)C2(CCCC2)NC(=O)C2CCCN2C(=O)[C@H](CCc2ccc(C(F)(F)F)c(Cl)c2)NC(=O)CN(C)C(=O)[C@H](Cc2ccc(C)cc2)N(C)C(=O)CN(C)C(=O)CN(C)C1=O. The van der Waals surface area contributed by atoms with Crippen molar-refractivity contribution in [1.82, 2.24) is 60.0 Å². The highest BCUT2D eigenvalue weighted by Gasteiger charge is 2.51. The third kappa shape index (κ3) is 19.2. The standard InChI is InChI=1S/C71H102ClF3N12O12/c1-12-45(4)60-67(97)81(7)42-58(90)79(5)43-59(91)83(9)54(39-47-27-25-44(3)26-28-47)65(95)80(6)41-56(88)76-51(32-30-46-29-31-49(50(72)38-46)71(73,74)75)64(94)87-37-21-24-53(87)63(93)78-70(33-17-18-34-70)69(99)85(11)61(48-22-15-14-16-23-48)68(98)84(10)55(66(96)86-35-19-20-36-86)40-57(89)82(8)52(13-2)62(92)77-60/h25-29,31,38,45,48,51-55,60-61H,12-24,30,32-37,39-43H2,1-11H3,(H,76,88)(H,77,92)(H,78,93)/t45-,51-,52-,53?,54-,55-,60-,61-/m0/s1. The van der Waals surface area contributed by atoms with Crippen LogP contribution in [0.15, 0.2) is 42.5 Å². The maximum atomic E-state index is 15.7. The molecule has 3 heterocycles. The van der Waals surface area contributed by atoms with Crippen molar-refractivity contribution in [3.05, 3.63) is 69.7 Å². The molecule has 3 saturated heterocycles. The Morgan fingerprint density at radius 2 is 1.23 bits per heavy atom. The van der Waals surface area contributed by atoms with Crippen molar-refractivity contribution in [2.45, 2.75) is 204 Å². The van der Waals surface area contributed by atoms with Crippen LogP contribution in [0.3, 0.4) is 0 Å². The number of nitrogens with one attached hydrogen (secondary N) is 3. The number of aryl methyl sites for hydroxylation is 2. The molecule has 0 aromatic heterocycles. The van der Waals surface area contributed by atoms with Gasteiger partial charge in [-0.3, -0.25) is 57.5 Å².